The Kier molecular flexibility index (Phi) is 3.81. The summed E-state index contributed by atoms with van der Waals surface area (Å²) in [5.74, 6) is 0.163. The number of carboxylic acids is 1. The smallest absolute Gasteiger partial charge is 0.323 e. The van der Waals surface area contributed by atoms with Gasteiger partial charge in [0.25, 0.3) is 0 Å². The van der Waals surface area contributed by atoms with Gasteiger partial charge in [0.05, 0.1) is 6.54 Å². The molecule has 0 aromatic carbocycles. The summed E-state index contributed by atoms with van der Waals surface area (Å²) in [6.07, 6.45) is 0. The molecule has 6 nitrogen and oxygen atoms in total. The normalized spacial score (nSPS) is 13.1. The average Bonchev–Trinajstić information content (AvgIpc) is 2.65. The molecule has 0 amide bonds. The fraction of sp³-hybridized carbons (Fsp3) is 0.750. The van der Waals surface area contributed by atoms with Crippen LogP contribution in [0.2, 0.25) is 0 Å². The van der Waals surface area contributed by atoms with E-state index in [4.69, 9.17) is 9.63 Å². The van der Waals surface area contributed by atoms with Gasteiger partial charge in [-0.25, -0.2) is 0 Å². The molecule has 0 aliphatic heterocycles. The summed E-state index contributed by atoms with van der Waals surface area (Å²) >= 11 is 0. The molecular formula is C12H21N3O3. The minimum atomic E-state index is -0.976. The summed E-state index contributed by atoms with van der Waals surface area (Å²) in [6.45, 7) is 9.56. The Hall–Kier alpha value is -1.43. The molecule has 0 aliphatic rings. The lowest BCUT2D eigenvalue weighted by Crippen LogP contribution is -2.47. The lowest BCUT2D eigenvalue weighted by atomic mass is 9.96. The number of nitrogens with zero attached hydrogens (tertiary/aromatic N) is 3. The zero-order valence-corrected chi connectivity index (χ0v) is 11.8. The number of carboxylic acid groups (broad SMARTS) is 1. The van der Waals surface area contributed by atoms with Gasteiger partial charge >= 0.3 is 5.97 Å². The van der Waals surface area contributed by atoms with E-state index in [2.05, 4.69) is 10.1 Å². The third-order valence-corrected chi connectivity index (χ3v) is 2.99. The molecule has 1 aromatic rings. The van der Waals surface area contributed by atoms with E-state index in [9.17, 15) is 4.79 Å². The number of aromatic nitrogens is 2. The van der Waals surface area contributed by atoms with Crippen LogP contribution >= 0.6 is 0 Å². The molecule has 1 rings (SSSR count). The molecule has 0 fully saturated rings. The van der Waals surface area contributed by atoms with Crippen molar-refractivity contribution in [2.75, 3.05) is 7.05 Å². The molecule has 102 valence electrons. The van der Waals surface area contributed by atoms with Crippen LogP contribution in [0.25, 0.3) is 0 Å². The Labute approximate surface area is 107 Å². The van der Waals surface area contributed by atoms with E-state index < -0.39 is 11.5 Å². The Morgan fingerprint density at radius 1 is 1.33 bits per heavy atom. The molecule has 6 heteroatoms. The summed E-state index contributed by atoms with van der Waals surface area (Å²) < 4.78 is 5.14. The van der Waals surface area contributed by atoms with Gasteiger partial charge in [-0.15, -0.1) is 0 Å². The highest BCUT2D eigenvalue weighted by molar-refractivity contribution is 5.77. The summed E-state index contributed by atoms with van der Waals surface area (Å²) in [4.78, 5) is 17.1. The molecule has 1 aromatic heterocycles. The Morgan fingerprint density at radius 2 is 1.89 bits per heavy atom. The predicted molar refractivity (Wildman–Crippen MR) is 66.2 cm³/mol. The highest BCUT2D eigenvalue weighted by Gasteiger charge is 2.33. The van der Waals surface area contributed by atoms with Gasteiger partial charge in [-0.1, -0.05) is 25.9 Å². The monoisotopic (exact) mass is 255 g/mol. The lowest BCUT2D eigenvalue weighted by Gasteiger charge is -2.29. The van der Waals surface area contributed by atoms with Crippen LogP contribution in [-0.4, -0.2) is 38.7 Å². The molecule has 0 saturated carbocycles. The van der Waals surface area contributed by atoms with Crippen LogP contribution in [0.4, 0.5) is 0 Å². The molecule has 0 unspecified atom stereocenters. The third kappa shape index (κ3) is 3.07. The van der Waals surface area contributed by atoms with Crippen molar-refractivity contribution in [1.82, 2.24) is 15.0 Å². The number of hydrogen-bond acceptors (Lipinski definition) is 5. The van der Waals surface area contributed by atoms with E-state index in [-0.39, 0.29) is 5.41 Å². The molecule has 18 heavy (non-hydrogen) atoms. The second kappa shape index (κ2) is 4.68. The van der Waals surface area contributed by atoms with Gasteiger partial charge < -0.3 is 9.63 Å². The van der Waals surface area contributed by atoms with Gasteiger partial charge in [0.15, 0.2) is 5.82 Å². The second-order valence-electron chi connectivity index (χ2n) is 5.98. The first-order chi connectivity index (χ1) is 8.05. The maximum atomic E-state index is 11.1. The highest BCUT2D eigenvalue weighted by atomic mass is 16.5. The van der Waals surface area contributed by atoms with Crippen LogP contribution < -0.4 is 0 Å². The molecule has 1 heterocycles. The first-order valence-corrected chi connectivity index (χ1v) is 5.83. The predicted octanol–water partition coefficient (Wildman–Crippen LogP) is 1.66. The summed E-state index contributed by atoms with van der Waals surface area (Å²) in [5, 5.41) is 13.0. The van der Waals surface area contributed by atoms with Crippen molar-refractivity contribution in [3.05, 3.63) is 11.7 Å². The van der Waals surface area contributed by atoms with E-state index in [0.717, 1.165) is 0 Å². The number of rotatable bonds is 4. The number of aliphatic carboxylic acids is 1. The van der Waals surface area contributed by atoms with Crippen molar-refractivity contribution in [3.63, 3.8) is 0 Å². The molecule has 1 N–H and O–H groups in total. The SMILES string of the molecule is CN(Cc1nc(C(C)(C)C)no1)C(C)(C)C(=O)O. The van der Waals surface area contributed by atoms with Crippen LogP contribution in [-0.2, 0) is 16.8 Å². The fourth-order valence-corrected chi connectivity index (χ4v) is 1.19. The van der Waals surface area contributed by atoms with Gasteiger partial charge in [-0.2, -0.15) is 4.98 Å². The van der Waals surface area contributed by atoms with Gasteiger partial charge in [-0.3, -0.25) is 9.69 Å². The summed E-state index contributed by atoms with van der Waals surface area (Å²) in [7, 11) is 1.72. The Morgan fingerprint density at radius 3 is 2.28 bits per heavy atom. The minimum Gasteiger partial charge on any atom is -0.480 e. The highest BCUT2D eigenvalue weighted by Crippen LogP contribution is 2.20. The van der Waals surface area contributed by atoms with E-state index in [1.165, 1.54) is 0 Å². The molecular weight excluding hydrogens is 234 g/mol. The van der Waals surface area contributed by atoms with Crippen LogP contribution in [0.5, 0.6) is 0 Å². The van der Waals surface area contributed by atoms with Crippen LogP contribution in [0.3, 0.4) is 0 Å². The topological polar surface area (TPSA) is 79.5 Å². The van der Waals surface area contributed by atoms with Crippen molar-refractivity contribution in [3.8, 4) is 0 Å². The van der Waals surface area contributed by atoms with E-state index in [1.807, 2.05) is 20.8 Å². The average molecular weight is 255 g/mol. The van der Waals surface area contributed by atoms with Crippen molar-refractivity contribution >= 4 is 5.97 Å². The van der Waals surface area contributed by atoms with Crippen LogP contribution in [0.15, 0.2) is 4.52 Å². The van der Waals surface area contributed by atoms with Crippen molar-refractivity contribution in [1.29, 1.82) is 0 Å². The quantitative estimate of drug-likeness (QED) is 0.881. The first kappa shape index (κ1) is 14.6. The maximum absolute atomic E-state index is 11.1. The van der Waals surface area contributed by atoms with Gasteiger partial charge in [0.1, 0.15) is 5.54 Å². The number of hydrogen-bond donors (Lipinski definition) is 1. The molecule has 0 aliphatic carbocycles. The van der Waals surface area contributed by atoms with Crippen LogP contribution in [0, 0.1) is 0 Å². The maximum Gasteiger partial charge on any atom is 0.323 e. The Balaban J connectivity index is 2.80. The summed E-state index contributed by atoms with van der Waals surface area (Å²) in [5.41, 5.74) is -1.15. The molecule has 0 radical (unpaired) electrons. The van der Waals surface area contributed by atoms with Crippen LogP contribution in [0.1, 0.15) is 46.3 Å². The number of likely N-dealkylation sites (N-methyl/N-ethyl adjacent to an activating group) is 1. The van der Waals surface area contributed by atoms with Gasteiger partial charge in [0.2, 0.25) is 5.89 Å². The summed E-state index contributed by atoms with van der Waals surface area (Å²) in [6, 6.07) is 0. The van der Waals surface area contributed by atoms with Gasteiger partial charge in [0, 0.05) is 5.41 Å². The van der Waals surface area contributed by atoms with Crippen molar-refractivity contribution in [2.45, 2.75) is 52.1 Å². The standard InChI is InChI=1S/C12H21N3O3/c1-11(2,3)9-13-8(18-14-9)7-15(6)12(4,5)10(16)17/h7H2,1-6H3,(H,16,17). The van der Waals surface area contributed by atoms with E-state index in [0.29, 0.717) is 18.3 Å². The van der Waals surface area contributed by atoms with E-state index in [1.54, 1.807) is 25.8 Å². The molecule has 0 saturated heterocycles. The lowest BCUT2D eigenvalue weighted by molar-refractivity contribution is -0.149. The fourth-order valence-electron chi connectivity index (χ4n) is 1.19. The van der Waals surface area contributed by atoms with E-state index >= 15 is 0 Å². The Bertz CT molecular complexity index is 432. The zero-order valence-electron chi connectivity index (χ0n) is 11.8. The molecule has 0 spiro atoms. The largest absolute Gasteiger partial charge is 0.480 e. The third-order valence-electron chi connectivity index (χ3n) is 2.99. The minimum absolute atomic E-state index is 0.178. The van der Waals surface area contributed by atoms with Crippen molar-refractivity contribution in [2.24, 2.45) is 0 Å². The second-order valence-corrected chi connectivity index (χ2v) is 5.98. The van der Waals surface area contributed by atoms with Gasteiger partial charge in [-0.05, 0) is 20.9 Å². The van der Waals surface area contributed by atoms with Crippen molar-refractivity contribution < 1.29 is 14.4 Å². The number of carbonyl (C=O) groups is 1. The molecule has 0 atom stereocenters. The first-order valence-electron chi connectivity index (χ1n) is 5.83. The molecule has 0 bridgehead atoms. The zero-order chi connectivity index (χ0) is 14.1.